The van der Waals surface area contributed by atoms with Crippen LogP contribution in [0.4, 0.5) is 0 Å². The quantitative estimate of drug-likeness (QED) is 0.376. The number of rotatable bonds is 1. The Morgan fingerprint density at radius 1 is 0.783 bits per heavy atom. The summed E-state index contributed by atoms with van der Waals surface area (Å²) in [6, 6.07) is 23.5. The summed E-state index contributed by atoms with van der Waals surface area (Å²) < 4.78 is 3.34. The fourth-order valence-corrected chi connectivity index (χ4v) is 3.68. The maximum atomic E-state index is 3.57. The summed E-state index contributed by atoms with van der Waals surface area (Å²) in [4.78, 5) is 3.53. The Bertz CT molecular complexity index is 1170. The molecule has 0 aliphatic heterocycles. The van der Waals surface area contributed by atoms with Gasteiger partial charge in [0.05, 0.1) is 5.52 Å². The SMILES string of the molecule is Brc1ccc2[nH]c3cc4c(ccn4-c4ccccc4)cc3c2c1. The first-order chi connectivity index (χ1) is 11.3. The predicted octanol–water partition coefficient (Wildman–Crippen LogP) is 6.03. The summed E-state index contributed by atoms with van der Waals surface area (Å²) in [5, 5.41) is 3.77. The highest BCUT2D eigenvalue weighted by Crippen LogP contribution is 2.32. The van der Waals surface area contributed by atoms with Gasteiger partial charge in [-0.05, 0) is 48.5 Å². The van der Waals surface area contributed by atoms with Gasteiger partial charge in [-0.3, -0.25) is 0 Å². The number of fused-ring (bicyclic) bond motifs is 4. The maximum Gasteiger partial charge on any atom is 0.0549 e. The van der Waals surface area contributed by atoms with Crippen molar-refractivity contribution >= 4 is 48.6 Å². The van der Waals surface area contributed by atoms with Crippen molar-refractivity contribution in [3.8, 4) is 5.69 Å². The molecule has 0 saturated carbocycles. The number of H-pyrrole nitrogens is 1. The molecule has 0 bridgehead atoms. The summed E-state index contributed by atoms with van der Waals surface area (Å²) in [5.74, 6) is 0. The molecule has 5 rings (SSSR count). The standard InChI is InChI=1S/C20H13BrN2/c21-14-6-7-18-17(11-14)16-10-13-8-9-23(15-4-2-1-3-5-15)20(13)12-19(16)22-18/h1-12,22H. The second kappa shape index (κ2) is 4.74. The summed E-state index contributed by atoms with van der Waals surface area (Å²) in [7, 11) is 0. The van der Waals surface area contributed by atoms with Crippen LogP contribution in [-0.2, 0) is 0 Å². The lowest BCUT2D eigenvalue weighted by molar-refractivity contribution is 1.13. The van der Waals surface area contributed by atoms with E-state index in [-0.39, 0.29) is 0 Å². The van der Waals surface area contributed by atoms with E-state index in [0.29, 0.717) is 0 Å². The number of hydrogen-bond donors (Lipinski definition) is 1. The van der Waals surface area contributed by atoms with Gasteiger partial charge in [0.1, 0.15) is 0 Å². The zero-order valence-corrected chi connectivity index (χ0v) is 13.8. The molecule has 0 aliphatic carbocycles. The minimum atomic E-state index is 1.10. The van der Waals surface area contributed by atoms with Crippen molar-refractivity contribution in [2.75, 3.05) is 0 Å². The average molecular weight is 361 g/mol. The third-order valence-corrected chi connectivity index (χ3v) is 4.90. The van der Waals surface area contributed by atoms with Crippen LogP contribution in [0.2, 0.25) is 0 Å². The van der Waals surface area contributed by atoms with E-state index in [0.717, 1.165) is 4.47 Å². The molecule has 0 unspecified atom stereocenters. The second-order valence-corrected chi connectivity index (χ2v) is 6.71. The van der Waals surface area contributed by atoms with Gasteiger partial charge in [-0.1, -0.05) is 34.1 Å². The number of hydrogen-bond acceptors (Lipinski definition) is 0. The number of nitrogens with zero attached hydrogens (tertiary/aromatic N) is 1. The fraction of sp³-hybridized carbons (Fsp3) is 0. The van der Waals surface area contributed by atoms with Crippen molar-refractivity contribution in [3.63, 3.8) is 0 Å². The molecule has 0 atom stereocenters. The molecule has 3 aromatic carbocycles. The zero-order valence-electron chi connectivity index (χ0n) is 12.3. The Morgan fingerprint density at radius 3 is 2.48 bits per heavy atom. The van der Waals surface area contributed by atoms with Crippen LogP contribution in [0, 0.1) is 0 Å². The molecular formula is C20H13BrN2. The summed E-state index contributed by atoms with van der Waals surface area (Å²) >= 11 is 3.57. The van der Waals surface area contributed by atoms with E-state index in [4.69, 9.17) is 0 Å². The van der Waals surface area contributed by atoms with Crippen LogP contribution < -0.4 is 0 Å². The minimum absolute atomic E-state index is 1.10. The molecular weight excluding hydrogens is 348 g/mol. The molecule has 1 N–H and O–H groups in total. The van der Waals surface area contributed by atoms with Crippen LogP contribution in [0.1, 0.15) is 0 Å². The average Bonchev–Trinajstić information content (AvgIpc) is 3.14. The van der Waals surface area contributed by atoms with Gasteiger partial charge in [0.25, 0.3) is 0 Å². The molecule has 0 amide bonds. The number of nitrogens with one attached hydrogen (secondary N) is 1. The number of benzene rings is 3. The van der Waals surface area contributed by atoms with Gasteiger partial charge in [-0.15, -0.1) is 0 Å². The van der Waals surface area contributed by atoms with Crippen molar-refractivity contribution in [1.82, 2.24) is 9.55 Å². The maximum absolute atomic E-state index is 3.57. The highest BCUT2D eigenvalue weighted by atomic mass is 79.9. The normalized spacial score (nSPS) is 11.7. The van der Waals surface area contributed by atoms with Gasteiger partial charge >= 0.3 is 0 Å². The lowest BCUT2D eigenvalue weighted by atomic mass is 10.1. The molecule has 0 fully saturated rings. The van der Waals surface area contributed by atoms with Crippen LogP contribution in [0.3, 0.4) is 0 Å². The fourth-order valence-electron chi connectivity index (χ4n) is 3.32. The first-order valence-corrected chi connectivity index (χ1v) is 8.36. The van der Waals surface area contributed by atoms with Crippen LogP contribution in [-0.4, -0.2) is 9.55 Å². The first kappa shape index (κ1) is 13.0. The molecule has 0 saturated heterocycles. The lowest BCUT2D eigenvalue weighted by Gasteiger charge is -2.05. The van der Waals surface area contributed by atoms with Crippen LogP contribution >= 0.6 is 15.9 Å². The van der Waals surface area contributed by atoms with E-state index in [1.54, 1.807) is 0 Å². The topological polar surface area (TPSA) is 20.7 Å². The largest absolute Gasteiger partial charge is 0.354 e. The van der Waals surface area contributed by atoms with Crippen LogP contribution in [0.25, 0.3) is 38.4 Å². The second-order valence-electron chi connectivity index (χ2n) is 5.79. The summed E-state index contributed by atoms with van der Waals surface area (Å²) in [6.45, 7) is 0. The number of aromatic nitrogens is 2. The molecule has 110 valence electrons. The Morgan fingerprint density at radius 2 is 1.61 bits per heavy atom. The Balaban J connectivity index is 1.86. The van der Waals surface area contributed by atoms with E-state index in [9.17, 15) is 0 Å². The van der Waals surface area contributed by atoms with E-state index >= 15 is 0 Å². The molecule has 23 heavy (non-hydrogen) atoms. The Kier molecular flexibility index (Phi) is 2.67. The van der Waals surface area contributed by atoms with Gasteiger partial charge in [0.2, 0.25) is 0 Å². The number of halogens is 1. The minimum Gasteiger partial charge on any atom is -0.354 e. The van der Waals surface area contributed by atoms with Gasteiger partial charge in [0, 0.05) is 43.5 Å². The molecule has 2 nitrogen and oxygen atoms in total. The monoisotopic (exact) mass is 360 g/mol. The van der Waals surface area contributed by atoms with E-state index < -0.39 is 0 Å². The highest BCUT2D eigenvalue weighted by molar-refractivity contribution is 9.10. The van der Waals surface area contributed by atoms with Gasteiger partial charge < -0.3 is 9.55 Å². The van der Waals surface area contributed by atoms with Crippen LogP contribution in [0.5, 0.6) is 0 Å². The molecule has 2 heterocycles. The first-order valence-electron chi connectivity index (χ1n) is 7.57. The summed E-state index contributed by atoms with van der Waals surface area (Å²) in [5.41, 5.74) is 4.73. The van der Waals surface area contributed by atoms with E-state index in [2.05, 4.69) is 92.3 Å². The smallest absolute Gasteiger partial charge is 0.0549 e. The van der Waals surface area contributed by atoms with E-state index in [1.165, 1.54) is 38.4 Å². The molecule has 5 aromatic rings. The van der Waals surface area contributed by atoms with Crippen molar-refractivity contribution < 1.29 is 0 Å². The number of aromatic amines is 1. The summed E-state index contributed by atoms with van der Waals surface area (Å²) in [6.07, 6.45) is 2.14. The number of para-hydroxylation sites is 1. The van der Waals surface area contributed by atoms with Gasteiger partial charge in [-0.25, -0.2) is 0 Å². The van der Waals surface area contributed by atoms with Crippen molar-refractivity contribution in [3.05, 3.63) is 77.4 Å². The highest BCUT2D eigenvalue weighted by Gasteiger charge is 2.09. The lowest BCUT2D eigenvalue weighted by Crippen LogP contribution is -1.90. The Hall–Kier alpha value is -2.52. The molecule has 0 radical (unpaired) electrons. The zero-order chi connectivity index (χ0) is 15.4. The molecule has 3 heteroatoms. The van der Waals surface area contributed by atoms with Gasteiger partial charge in [-0.2, -0.15) is 0 Å². The molecule has 0 aliphatic rings. The third kappa shape index (κ3) is 1.93. The predicted molar refractivity (Wildman–Crippen MR) is 100 cm³/mol. The van der Waals surface area contributed by atoms with Crippen LogP contribution in [0.15, 0.2) is 77.4 Å². The van der Waals surface area contributed by atoms with Gasteiger partial charge in [0.15, 0.2) is 0 Å². The van der Waals surface area contributed by atoms with E-state index in [1.807, 2.05) is 6.07 Å². The van der Waals surface area contributed by atoms with Crippen molar-refractivity contribution in [2.24, 2.45) is 0 Å². The van der Waals surface area contributed by atoms with Crippen molar-refractivity contribution in [1.29, 1.82) is 0 Å². The third-order valence-electron chi connectivity index (χ3n) is 4.41. The molecule has 2 aromatic heterocycles. The Labute approximate surface area is 141 Å². The van der Waals surface area contributed by atoms with Crippen molar-refractivity contribution in [2.45, 2.75) is 0 Å². The molecule has 0 spiro atoms.